The Hall–Kier alpha value is -1.36. The Morgan fingerprint density at radius 1 is 1.77 bits per heavy atom. The summed E-state index contributed by atoms with van der Waals surface area (Å²) >= 11 is 0. The van der Waals surface area contributed by atoms with E-state index in [1.165, 1.54) is 17.1 Å². The van der Waals surface area contributed by atoms with Crippen molar-refractivity contribution >= 4 is 5.91 Å². The molecular weight excluding hydrogens is 170 g/mol. The number of carbonyl (C=O) groups is 1. The highest BCUT2D eigenvalue weighted by molar-refractivity contribution is 5.92. The molecular formula is C8H13N3O2. The number of amides is 1. The third-order valence-corrected chi connectivity index (χ3v) is 1.47. The van der Waals surface area contributed by atoms with E-state index in [0.29, 0.717) is 12.1 Å². The minimum Gasteiger partial charge on any atom is -0.389 e. The van der Waals surface area contributed by atoms with Crippen molar-refractivity contribution in [2.75, 3.05) is 0 Å². The predicted octanol–water partition coefficient (Wildman–Crippen LogP) is -0.247. The van der Waals surface area contributed by atoms with Gasteiger partial charge in [-0.05, 0) is 13.8 Å². The lowest BCUT2D eigenvalue weighted by molar-refractivity contribution is 0.0576. The second-order valence-electron chi connectivity index (χ2n) is 3.60. The Labute approximate surface area is 76.2 Å². The summed E-state index contributed by atoms with van der Waals surface area (Å²) < 4.78 is 1.49. The summed E-state index contributed by atoms with van der Waals surface area (Å²) in [5.41, 5.74) is 4.54. The van der Waals surface area contributed by atoms with Crippen molar-refractivity contribution in [3.63, 3.8) is 0 Å². The molecule has 0 saturated heterocycles. The molecule has 13 heavy (non-hydrogen) atoms. The Bertz CT molecular complexity index is 311. The van der Waals surface area contributed by atoms with Crippen molar-refractivity contribution in [1.82, 2.24) is 9.78 Å². The molecule has 72 valence electrons. The summed E-state index contributed by atoms with van der Waals surface area (Å²) in [5.74, 6) is -0.512. The van der Waals surface area contributed by atoms with E-state index in [1.54, 1.807) is 13.8 Å². The van der Waals surface area contributed by atoms with Crippen LogP contribution in [0.15, 0.2) is 12.4 Å². The molecule has 0 aromatic carbocycles. The van der Waals surface area contributed by atoms with Crippen LogP contribution in [0.3, 0.4) is 0 Å². The average Bonchev–Trinajstić information content (AvgIpc) is 2.31. The molecule has 1 aromatic heterocycles. The molecule has 0 saturated carbocycles. The van der Waals surface area contributed by atoms with Crippen molar-refractivity contribution < 1.29 is 9.90 Å². The van der Waals surface area contributed by atoms with E-state index in [9.17, 15) is 9.90 Å². The van der Waals surface area contributed by atoms with Crippen LogP contribution < -0.4 is 5.73 Å². The number of primary amides is 1. The van der Waals surface area contributed by atoms with Gasteiger partial charge in [-0.25, -0.2) is 0 Å². The average molecular weight is 183 g/mol. The summed E-state index contributed by atoms with van der Waals surface area (Å²) in [5, 5.41) is 13.3. The fourth-order valence-corrected chi connectivity index (χ4v) is 0.974. The van der Waals surface area contributed by atoms with Gasteiger partial charge in [0.15, 0.2) is 0 Å². The fourth-order valence-electron chi connectivity index (χ4n) is 0.974. The van der Waals surface area contributed by atoms with Crippen molar-refractivity contribution in [2.45, 2.75) is 26.0 Å². The number of nitrogens with two attached hydrogens (primary N) is 1. The number of nitrogens with zero attached hydrogens (tertiary/aromatic N) is 2. The number of hydrogen-bond acceptors (Lipinski definition) is 3. The van der Waals surface area contributed by atoms with Crippen molar-refractivity contribution in [2.24, 2.45) is 5.73 Å². The summed E-state index contributed by atoms with van der Waals surface area (Å²) in [6, 6.07) is 0. The molecule has 5 heteroatoms. The van der Waals surface area contributed by atoms with Crippen LogP contribution in [0.4, 0.5) is 0 Å². The third-order valence-electron chi connectivity index (χ3n) is 1.47. The van der Waals surface area contributed by atoms with Crippen molar-refractivity contribution in [3.8, 4) is 0 Å². The standard InChI is InChI=1S/C8H13N3O2/c1-8(2,13)5-11-4-6(3-10-11)7(9)12/h3-4,13H,5H2,1-2H3,(H2,9,12). The maximum Gasteiger partial charge on any atom is 0.251 e. The summed E-state index contributed by atoms with van der Waals surface area (Å²) in [6.45, 7) is 3.66. The fraction of sp³-hybridized carbons (Fsp3) is 0.500. The zero-order valence-corrected chi connectivity index (χ0v) is 7.69. The van der Waals surface area contributed by atoms with E-state index >= 15 is 0 Å². The largest absolute Gasteiger partial charge is 0.389 e. The number of hydrogen-bond donors (Lipinski definition) is 2. The smallest absolute Gasteiger partial charge is 0.251 e. The molecule has 0 aliphatic carbocycles. The van der Waals surface area contributed by atoms with Gasteiger partial charge in [-0.15, -0.1) is 0 Å². The Morgan fingerprint density at radius 3 is 2.77 bits per heavy atom. The molecule has 0 bridgehead atoms. The molecule has 0 fully saturated rings. The summed E-state index contributed by atoms with van der Waals surface area (Å²) in [6.07, 6.45) is 2.90. The first-order valence-corrected chi connectivity index (χ1v) is 3.93. The summed E-state index contributed by atoms with van der Waals surface area (Å²) in [7, 11) is 0. The van der Waals surface area contributed by atoms with E-state index < -0.39 is 11.5 Å². The first kappa shape index (κ1) is 9.73. The first-order chi connectivity index (χ1) is 5.88. The minimum absolute atomic E-state index is 0.334. The van der Waals surface area contributed by atoms with Crippen LogP contribution in [-0.2, 0) is 6.54 Å². The highest BCUT2D eigenvalue weighted by atomic mass is 16.3. The molecule has 0 spiro atoms. The van der Waals surface area contributed by atoms with Gasteiger partial charge in [0, 0.05) is 6.20 Å². The van der Waals surface area contributed by atoms with E-state index in [4.69, 9.17) is 5.73 Å². The minimum atomic E-state index is -0.846. The maximum atomic E-state index is 10.7. The lowest BCUT2D eigenvalue weighted by Crippen LogP contribution is -2.26. The van der Waals surface area contributed by atoms with E-state index in [2.05, 4.69) is 5.10 Å². The second-order valence-corrected chi connectivity index (χ2v) is 3.60. The van der Waals surface area contributed by atoms with Gasteiger partial charge in [0.25, 0.3) is 5.91 Å². The van der Waals surface area contributed by atoms with Crippen LogP contribution in [0.2, 0.25) is 0 Å². The molecule has 0 aliphatic rings. The predicted molar refractivity (Wildman–Crippen MR) is 47.0 cm³/mol. The van der Waals surface area contributed by atoms with E-state index in [0.717, 1.165) is 0 Å². The van der Waals surface area contributed by atoms with Crippen LogP contribution in [0.25, 0.3) is 0 Å². The van der Waals surface area contributed by atoms with Crippen LogP contribution in [0, 0.1) is 0 Å². The van der Waals surface area contributed by atoms with Gasteiger partial charge in [-0.3, -0.25) is 9.48 Å². The van der Waals surface area contributed by atoms with Crippen LogP contribution in [0.5, 0.6) is 0 Å². The van der Waals surface area contributed by atoms with Gasteiger partial charge in [0.1, 0.15) is 0 Å². The Balaban J connectivity index is 2.75. The molecule has 3 N–H and O–H groups in total. The highest BCUT2D eigenvalue weighted by Crippen LogP contribution is 2.05. The molecule has 1 heterocycles. The third kappa shape index (κ3) is 2.87. The Kier molecular flexibility index (Phi) is 2.38. The van der Waals surface area contributed by atoms with E-state index in [1.807, 2.05) is 0 Å². The van der Waals surface area contributed by atoms with Crippen LogP contribution in [-0.4, -0.2) is 26.4 Å². The SMILES string of the molecule is CC(C)(O)Cn1cc(C(N)=O)cn1. The normalized spacial score (nSPS) is 11.6. The Morgan fingerprint density at radius 2 is 2.38 bits per heavy atom. The van der Waals surface area contributed by atoms with E-state index in [-0.39, 0.29) is 0 Å². The lowest BCUT2D eigenvalue weighted by Gasteiger charge is -2.16. The van der Waals surface area contributed by atoms with Gasteiger partial charge in [0.2, 0.25) is 0 Å². The number of aliphatic hydroxyl groups is 1. The molecule has 1 amide bonds. The molecule has 1 rings (SSSR count). The number of rotatable bonds is 3. The zero-order valence-electron chi connectivity index (χ0n) is 7.69. The van der Waals surface area contributed by atoms with Gasteiger partial charge in [-0.1, -0.05) is 0 Å². The number of carbonyl (C=O) groups excluding carboxylic acids is 1. The van der Waals surface area contributed by atoms with Crippen molar-refractivity contribution in [3.05, 3.63) is 18.0 Å². The molecule has 0 atom stereocenters. The van der Waals surface area contributed by atoms with Crippen LogP contribution in [0.1, 0.15) is 24.2 Å². The number of aromatic nitrogens is 2. The van der Waals surface area contributed by atoms with Gasteiger partial charge in [-0.2, -0.15) is 5.10 Å². The lowest BCUT2D eigenvalue weighted by atomic mass is 10.1. The second kappa shape index (κ2) is 3.18. The topological polar surface area (TPSA) is 81.1 Å². The molecule has 0 radical (unpaired) electrons. The molecule has 1 aromatic rings. The summed E-state index contributed by atoms with van der Waals surface area (Å²) in [4.78, 5) is 10.7. The van der Waals surface area contributed by atoms with Gasteiger partial charge < -0.3 is 10.8 Å². The highest BCUT2D eigenvalue weighted by Gasteiger charge is 2.14. The van der Waals surface area contributed by atoms with Crippen LogP contribution >= 0.6 is 0 Å². The molecule has 5 nitrogen and oxygen atoms in total. The van der Waals surface area contributed by atoms with Crippen molar-refractivity contribution in [1.29, 1.82) is 0 Å². The van der Waals surface area contributed by atoms with Gasteiger partial charge >= 0.3 is 0 Å². The monoisotopic (exact) mass is 183 g/mol. The maximum absolute atomic E-state index is 10.7. The first-order valence-electron chi connectivity index (χ1n) is 3.93. The molecule has 0 unspecified atom stereocenters. The quantitative estimate of drug-likeness (QED) is 0.678. The molecule has 0 aliphatic heterocycles. The zero-order chi connectivity index (χ0) is 10.1. The van der Waals surface area contributed by atoms with Gasteiger partial charge in [0.05, 0.1) is 23.9 Å².